The topological polar surface area (TPSA) is 78.6 Å². The largest absolute Gasteiger partial charge is 0.392 e. The van der Waals surface area contributed by atoms with Crippen LogP contribution in [0.5, 0.6) is 0 Å². The summed E-state index contributed by atoms with van der Waals surface area (Å²) in [6.07, 6.45) is 1.87. The predicted molar refractivity (Wildman–Crippen MR) is 73.4 cm³/mol. The van der Waals surface area contributed by atoms with E-state index in [0.717, 1.165) is 38.0 Å². The molecule has 1 fully saturated rings. The maximum absolute atomic E-state index is 11.0. The quantitative estimate of drug-likeness (QED) is 0.752. The summed E-state index contributed by atoms with van der Waals surface area (Å²) in [5.41, 5.74) is 7.36. The number of piperidine rings is 1. The highest BCUT2D eigenvalue weighted by molar-refractivity contribution is 5.72. The molecule has 0 bridgehead atoms. The molecule has 0 unspecified atom stereocenters. The van der Waals surface area contributed by atoms with Gasteiger partial charge in [-0.15, -0.1) is 0 Å². The molecule has 1 aromatic carbocycles. The van der Waals surface area contributed by atoms with Crippen LogP contribution in [0.3, 0.4) is 0 Å². The van der Waals surface area contributed by atoms with Crippen LogP contribution in [0.1, 0.15) is 24.0 Å². The van der Waals surface area contributed by atoms with E-state index in [1.807, 2.05) is 24.3 Å². The van der Waals surface area contributed by atoms with Crippen LogP contribution in [-0.4, -0.2) is 35.2 Å². The van der Waals surface area contributed by atoms with Gasteiger partial charge in [0.15, 0.2) is 0 Å². The number of amides is 2. The fourth-order valence-corrected chi connectivity index (χ4v) is 2.40. The van der Waals surface area contributed by atoms with Crippen LogP contribution in [0.2, 0.25) is 0 Å². The number of rotatable bonds is 4. The van der Waals surface area contributed by atoms with E-state index in [2.05, 4.69) is 5.32 Å². The average molecular weight is 263 g/mol. The zero-order valence-electron chi connectivity index (χ0n) is 11.0. The Kier molecular flexibility index (Phi) is 4.76. The first-order chi connectivity index (χ1) is 9.19. The first-order valence-electron chi connectivity index (χ1n) is 6.65. The van der Waals surface area contributed by atoms with Gasteiger partial charge in [0.05, 0.1) is 6.61 Å². The molecule has 1 heterocycles. The lowest BCUT2D eigenvalue weighted by atomic mass is 10.0. The van der Waals surface area contributed by atoms with Crippen LogP contribution in [0, 0.1) is 0 Å². The SMILES string of the molecule is NC(=O)N1CCC(NCc2cccc(CO)c2)CC1. The molecule has 1 aromatic rings. The number of hydrogen-bond donors (Lipinski definition) is 3. The Hall–Kier alpha value is -1.59. The van der Waals surface area contributed by atoms with Crippen LogP contribution in [0.25, 0.3) is 0 Å². The number of urea groups is 1. The number of aliphatic hydroxyl groups excluding tert-OH is 1. The molecular formula is C14H21N3O2. The Balaban J connectivity index is 1.78. The number of nitrogens with one attached hydrogen (secondary N) is 1. The maximum atomic E-state index is 11.0. The third-order valence-electron chi connectivity index (χ3n) is 3.58. The van der Waals surface area contributed by atoms with Crippen molar-refractivity contribution in [2.45, 2.75) is 32.0 Å². The lowest BCUT2D eigenvalue weighted by molar-refractivity contribution is 0.185. The number of nitrogens with two attached hydrogens (primary N) is 1. The summed E-state index contributed by atoms with van der Waals surface area (Å²) in [6, 6.07) is 8.02. The van der Waals surface area contributed by atoms with E-state index in [1.54, 1.807) is 4.90 Å². The summed E-state index contributed by atoms with van der Waals surface area (Å²) in [4.78, 5) is 12.7. The number of carbonyl (C=O) groups is 1. The summed E-state index contributed by atoms with van der Waals surface area (Å²) < 4.78 is 0. The molecule has 2 amide bonds. The molecule has 0 spiro atoms. The first kappa shape index (κ1) is 13.8. The van der Waals surface area contributed by atoms with Crippen molar-refractivity contribution in [2.75, 3.05) is 13.1 Å². The monoisotopic (exact) mass is 263 g/mol. The molecule has 1 aliphatic heterocycles. The van der Waals surface area contributed by atoms with Crippen LogP contribution in [0.4, 0.5) is 4.79 Å². The van der Waals surface area contributed by atoms with Crippen LogP contribution < -0.4 is 11.1 Å². The summed E-state index contributed by atoms with van der Waals surface area (Å²) >= 11 is 0. The van der Waals surface area contributed by atoms with E-state index in [9.17, 15) is 4.79 Å². The fourth-order valence-electron chi connectivity index (χ4n) is 2.40. The minimum atomic E-state index is -0.325. The van der Waals surface area contributed by atoms with Crippen molar-refractivity contribution in [1.29, 1.82) is 0 Å². The Morgan fingerprint density at radius 1 is 1.37 bits per heavy atom. The van der Waals surface area contributed by atoms with E-state index >= 15 is 0 Å². The predicted octanol–water partition coefficient (Wildman–Crippen LogP) is 0.812. The third-order valence-corrected chi connectivity index (χ3v) is 3.58. The number of benzene rings is 1. The Morgan fingerprint density at radius 3 is 2.68 bits per heavy atom. The lowest BCUT2D eigenvalue weighted by Gasteiger charge is -2.31. The van der Waals surface area contributed by atoms with Crippen LogP contribution in [-0.2, 0) is 13.2 Å². The average Bonchev–Trinajstić information content (AvgIpc) is 2.46. The van der Waals surface area contributed by atoms with Crippen molar-refractivity contribution in [3.63, 3.8) is 0 Å². The Bertz CT molecular complexity index is 428. The number of aliphatic hydroxyl groups is 1. The highest BCUT2D eigenvalue weighted by Gasteiger charge is 2.20. The molecule has 4 N–H and O–H groups in total. The molecule has 1 saturated heterocycles. The van der Waals surface area contributed by atoms with Crippen LogP contribution >= 0.6 is 0 Å². The van der Waals surface area contributed by atoms with E-state index in [0.29, 0.717) is 6.04 Å². The molecule has 0 atom stereocenters. The van der Waals surface area contributed by atoms with E-state index < -0.39 is 0 Å². The molecule has 0 aliphatic carbocycles. The zero-order chi connectivity index (χ0) is 13.7. The van der Waals surface area contributed by atoms with Gasteiger partial charge in [0.25, 0.3) is 0 Å². The highest BCUT2D eigenvalue weighted by atomic mass is 16.3. The van der Waals surface area contributed by atoms with Gasteiger partial charge in [-0.2, -0.15) is 0 Å². The second-order valence-corrected chi connectivity index (χ2v) is 4.96. The van der Waals surface area contributed by atoms with E-state index in [1.165, 1.54) is 5.56 Å². The minimum Gasteiger partial charge on any atom is -0.392 e. The summed E-state index contributed by atoms with van der Waals surface area (Å²) in [5.74, 6) is 0. The second-order valence-electron chi connectivity index (χ2n) is 4.96. The van der Waals surface area contributed by atoms with Crippen molar-refractivity contribution < 1.29 is 9.90 Å². The van der Waals surface area contributed by atoms with Crippen molar-refractivity contribution in [2.24, 2.45) is 5.73 Å². The fraction of sp³-hybridized carbons (Fsp3) is 0.500. The van der Waals surface area contributed by atoms with Gasteiger partial charge < -0.3 is 21.1 Å². The maximum Gasteiger partial charge on any atom is 0.314 e. The number of hydrogen-bond acceptors (Lipinski definition) is 3. The molecule has 0 saturated carbocycles. The van der Waals surface area contributed by atoms with Crippen molar-refractivity contribution in [3.8, 4) is 0 Å². The molecule has 104 valence electrons. The van der Waals surface area contributed by atoms with Crippen molar-refractivity contribution >= 4 is 6.03 Å². The smallest absolute Gasteiger partial charge is 0.314 e. The van der Waals surface area contributed by atoms with Crippen molar-refractivity contribution in [3.05, 3.63) is 35.4 Å². The second kappa shape index (κ2) is 6.54. The van der Waals surface area contributed by atoms with Gasteiger partial charge in [-0.25, -0.2) is 4.79 Å². The molecule has 5 nitrogen and oxygen atoms in total. The first-order valence-corrected chi connectivity index (χ1v) is 6.65. The number of primary amides is 1. The molecule has 19 heavy (non-hydrogen) atoms. The van der Waals surface area contributed by atoms with Crippen molar-refractivity contribution in [1.82, 2.24) is 10.2 Å². The Labute approximate surface area is 113 Å². The molecule has 0 aromatic heterocycles. The molecular weight excluding hydrogens is 242 g/mol. The third kappa shape index (κ3) is 3.94. The standard InChI is InChI=1S/C14H21N3O2/c15-14(19)17-6-4-13(5-7-17)16-9-11-2-1-3-12(8-11)10-18/h1-3,8,13,16,18H,4-7,9-10H2,(H2,15,19). The van der Waals surface area contributed by atoms with Gasteiger partial charge in [0.2, 0.25) is 0 Å². The van der Waals surface area contributed by atoms with Gasteiger partial charge in [0.1, 0.15) is 0 Å². The number of nitrogens with zero attached hydrogens (tertiary/aromatic N) is 1. The number of likely N-dealkylation sites (tertiary alicyclic amines) is 1. The molecule has 1 aliphatic rings. The van der Waals surface area contributed by atoms with Gasteiger partial charge >= 0.3 is 6.03 Å². The van der Waals surface area contributed by atoms with E-state index in [4.69, 9.17) is 10.8 Å². The van der Waals surface area contributed by atoms with Gasteiger partial charge in [0, 0.05) is 25.7 Å². The van der Waals surface area contributed by atoms with E-state index in [-0.39, 0.29) is 12.6 Å². The van der Waals surface area contributed by atoms with Gasteiger partial charge in [-0.05, 0) is 24.0 Å². The molecule has 2 rings (SSSR count). The minimum absolute atomic E-state index is 0.0742. The normalized spacial score (nSPS) is 16.6. The van der Waals surface area contributed by atoms with Crippen LogP contribution in [0.15, 0.2) is 24.3 Å². The number of carbonyl (C=O) groups excluding carboxylic acids is 1. The Morgan fingerprint density at radius 2 is 2.05 bits per heavy atom. The lowest BCUT2D eigenvalue weighted by Crippen LogP contribution is -2.46. The zero-order valence-corrected chi connectivity index (χ0v) is 11.0. The van der Waals surface area contributed by atoms with Gasteiger partial charge in [-0.1, -0.05) is 24.3 Å². The summed E-state index contributed by atoms with van der Waals surface area (Å²) in [6.45, 7) is 2.31. The highest BCUT2D eigenvalue weighted by Crippen LogP contribution is 2.11. The summed E-state index contributed by atoms with van der Waals surface area (Å²) in [5, 5.41) is 12.6. The van der Waals surface area contributed by atoms with Gasteiger partial charge in [-0.3, -0.25) is 0 Å². The summed E-state index contributed by atoms with van der Waals surface area (Å²) in [7, 11) is 0. The molecule has 5 heteroatoms. The molecule has 0 radical (unpaired) electrons.